The number of carbonyl (C=O) groups is 1. The topological polar surface area (TPSA) is 66.5 Å². The molecule has 0 radical (unpaired) electrons. The van der Waals surface area contributed by atoms with E-state index in [4.69, 9.17) is 0 Å². The molecule has 0 atom stereocenters. The van der Waals surface area contributed by atoms with Crippen LogP contribution in [0, 0.1) is 0 Å². The Bertz CT molecular complexity index is 282. The van der Waals surface area contributed by atoms with Crippen molar-refractivity contribution in [1.82, 2.24) is 9.62 Å². The van der Waals surface area contributed by atoms with Crippen LogP contribution in [0.4, 0.5) is 0 Å². The molecule has 1 aliphatic heterocycles. The van der Waals surface area contributed by atoms with E-state index < -0.39 is 10.0 Å². The third-order valence-electron chi connectivity index (χ3n) is 1.94. The fraction of sp³-hybridized carbons (Fsp3) is 0.857. The molecule has 1 amide bonds. The van der Waals surface area contributed by atoms with Gasteiger partial charge >= 0.3 is 0 Å². The van der Waals surface area contributed by atoms with Gasteiger partial charge in [0, 0.05) is 26.6 Å². The van der Waals surface area contributed by atoms with E-state index in [0.717, 1.165) is 6.42 Å². The quantitative estimate of drug-likeness (QED) is 0.652. The van der Waals surface area contributed by atoms with Gasteiger partial charge in [0.25, 0.3) is 0 Å². The van der Waals surface area contributed by atoms with Crippen LogP contribution < -0.4 is 5.32 Å². The minimum atomic E-state index is -3.10. The highest BCUT2D eigenvalue weighted by molar-refractivity contribution is 7.89. The lowest BCUT2D eigenvalue weighted by molar-refractivity contribution is -0.118. The van der Waals surface area contributed by atoms with E-state index in [2.05, 4.69) is 5.32 Å². The molecular formula is C7H14N2O3S. The fourth-order valence-electron chi connectivity index (χ4n) is 1.05. The molecule has 1 N–H and O–H groups in total. The van der Waals surface area contributed by atoms with Gasteiger partial charge in [-0.05, 0) is 6.42 Å². The molecule has 1 aliphatic rings. The molecule has 0 bridgehead atoms. The summed E-state index contributed by atoms with van der Waals surface area (Å²) in [7, 11) is -3.10. The van der Waals surface area contributed by atoms with E-state index in [0.29, 0.717) is 13.1 Å². The maximum absolute atomic E-state index is 11.4. The van der Waals surface area contributed by atoms with Crippen LogP contribution >= 0.6 is 0 Å². The summed E-state index contributed by atoms with van der Waals surface area (Å²) in [5.74, 6) is -0.189. The molecule has 1 saturated heterocycles. The van der Waals surface area contributed by atoms with E-state index >= 15 is 0 Å². The van der Waals surface area contributed by atoms with Crippen molar-refractivity contribution < 1.29 is 13.2 Å². The molecule has 5 nitrogen and oxygen atoms in total. The van der Waals surface area contributed by atoms with Gasteiger partial charge in [-0.1, -0.05) is 0 Å². The van der Waals surface area contributed by atoms with Crippen LogP contribution in [0.1, 0.15) is 13.3 Å². The van der Waals surface area contributed by atoms with Crippen LogP contribution in [-0.4, -0.2) is 44.0 Å². The Kier molecular flexibility index (Phi) is 3.27. The van der Waals surface area contributed by atoms with Crippen molar-refractivity contribution in [2.45, 2.75) is 13.3 Å². The van der Waals surface area contributed by atoms with Gasteiger partial charge in [-0.3, -0.25) is 4.79 Å². The number of hydrogen-bond donors (Lipinski definition) is 1. The number of amides is 1. The van der Waals surface area contributed by atoms with Gasteiger partial charge in [0.1, 0.15) is 0 Å². The predicted octanol–water partition coefficient (Wildman–Crippen LogP) is -0.842. The SMILES string of the molecule is CC(=O)NCCS(=O)(=O)N1CCC1. The van der Waals surface area contributed by atoms with Gasteiger partial charge < -0.3 is 5.32 Å². The largest absolute Gasteiger partial charge is 0.355 e. The first-order chi connectivity index (χ1) is 6.02. The van der Waals surface area contributed by atoms with E-state index in [-0.39, 0.29) is 18.2 Å². The number of hydrogen-bond acceptors (Lipinski definition) is 3. The molecule has 0 aromatic carbocycles. The molecule has 1 heterocycles. The summed E-state index contributed by atoms with van der Waals surface area (Å²) in [5.41, 5.74) is 0. The molecule has 1 fully saturated rings. The minimum absolute atomic E-state index is 0.00653. The van der Waals surface area contributed by atoms with Gasteiger partial charge in [-0.2, -0.15) is 0 Å². The summed E-state index contributed by atoms with van der Waals surface area (Å²) < 4.78 is 24.2. The number of rotatable bonds is 4. The van der Waals surface area contributed by atoms with Crippen molar-refractivity contribution in [3.05, 3.63) is 0 Å². The number of sulfonamides is 1. The molecule has 0 aliphatic carbocycles. The lowest BCUT2D eigenvalue weighted by atomic mass is 10.3. The van der Waals surface area contributed by atoms with Crippen LogP contribution in [0.5, 0.6) is 0 Å². The zero-order chi connectivity index (χ0) is 9.90. The Morgan fingerprint density at radius 3 is 2.46 bits per heavy atom. The van der Waals surface area contributed by atoms with Crippen LogP contribution in [0.3, 0.4) is 0 Å². The average molecular weight is 206 g/mol. The summed E-state index contributed by atoms with van der Waals surface area (Å²) in [5, 5.41) is 2.46. The molecular weight excluding hydrogens is 192 g/mol. The number of nitrogens with one attached hydrogen (secondary N) is 1. The first-order valence-corrected chi connectivity index (χ1v) is 5.85. The normalized spacial score (nSPS) is 17.9. The smallest absolute Gasteiger partial charge is 0.216 e. The Balaban J connectivity index is 2.30. The zero-order valence-electron chi connectivity index (χ0n) is 7.62. The van der Waals surface area contributed by atoms with Crippen molar-refractivity contribution in [3.8, 4) is 0 Å². The Hall–Kier alpha value is -0.620. The predicted molar refractivity (Wildman–Crippen MR) is 48.7 cm³/mol. The van der Waals surface area contributed by atoms with Crippen molar-refractivity contribution in [2.24, 2.45) is 0 Å². The Morgan fingerprint density at radius 1 is 1.46 bits per heavy atom. The van der Waals surface area contributed by atoms with Crippen molar-refractivity contribution >= 4 is 15.9 Å². The first kappa shape index (κ1) is 10.5. The second-order valence-electron chi connectivity index (χ2n) is 3.05. The summed E-state index contributed by atoms with van der Waals surface area (Å²) in [4.78, 5) is 10.5. The van der Waals surface area contributed by atoms with Gasteiger partial charge in [0.05, 0.1) is 5.75 Å². The summed E-state index contributed by atoms with van der Waals surface area (Å²) in [6.07, 6.45) is 0.944. The molecule has 0 saturated carbocycles. The third-order valence-corrected chi connectivity index (χ3v) is 3.81. The van der Waals surface area contributed by atoms with Crippen LogP contribution in [-0.2, 0) is 14.8 Å². The highest BCUT2D eigenvalue weighted by Gasteiger charge is 2.26. The number of nitrogens with zero attached hydrogens (tertiary/aromatic N) is 1. The standard InChI is InChI=1S/C7H14N2O3S/c1-7(10)8-3-6-13(11,12)9-4-2-5-9/h2-6H2,1H3,(H,8,10). The molecule has 0 spiro atoms. The van der Waals surface area contributed by atoms with Crippen LogP contribution in [0.25, 0.3) is 0 Å². The lowest BCUT2D eigenvalue weighted by Crippen LogP contribution is -2.45. The van der Waals surface area contributed by atoms with Gasteiger partial charge in [-0.25, -0.2) is 12.7 Å². The maximum atomic E-state index is 11.4. The third kappa shape index (κ3) is 2.96. The maximum Gasteiger partial charge on any atom is 0.216 e. The second-order valence-corrected chi connectivity index (χ2v) is 5.14. The van der Waals surface area contributed by atoms with Crippen LogP contribution in [0.2, 0.25) is 0 Å². The van der Waals surface area contributed by atoms with Crippen LogP contribution in [0.15, 0.2) is 0 Å². The highest BCUT2D eigenvalue weighted by Crippen LogP contribution is 2.11. The van der Waals surface area contributed by atoms with Crippen molar-refractivity contribution in [3.63, 3.8) is 0 Å². The monoisotopic (exact) mass is 206 g/mol. The number of carbonyl (C=O) groups excluding carboxylic acids is 1. The van der Waals surface area contributed by atoms with Crippen molar-refractivity contribution in [1.29, 1.82) is 0 Å². The molecule has 13 heavy (non-hydrogen) atoms. The molecule has 0 aromatic rings. The summed E-state index contributed by atoms with van der Waals surface area (Å²) in [6, 6.07) is 0. The lowest BCUT2D eigenvalue weighted by Gasteiger charge is -2.29. The summed E-state index contributed by atoms with van der Waals surface area (Å²) in [6.45, 7) is 2.83. The van der Waals surface area contributed by atoms with E-state index in [1.807, 2.05) is 0 Å². The van der Waals surface area contributed by atoms with Crippen molar-refractivity contribution in [2.75, 3.05) is 25.4 Å². The van der Waals surface area contributed by atoms with Gasteiger partial charge in [0.15, 0.2) is 0 Å². The van der Waals surface area contributed by atoms with Gasteiger partial charge in [-0.15, -0.1) is 0 Å². The second kappa shape index (κ2) is 4.06. The highest BCUT2D eigenvalue weighted by atomic mass is 32.2. The molecule has 6 heteroatoms. The Morgan fingerprint density at radius 2 is 2.08 bits per heavy atom. The molecule has 0 aromatic heterocycles. The van der Waals surface area contributed by atoms with E-state index in [1.54, 1.807) is 0 Å². The average Bonchev–Trinajstić information content (AvgIpc) is 1.79. The summed E-state index contributed by atoms with van der Waals surface area (Å²) >= 11 is 0. The van der Waals surface area contributed by atoms with E-state index in [9.17, 15) is 13.2 Å². The molecule has 0 unspecified atom stereocenters. The van der Waals surface area contributed by atoms with Gasteiger partial charge in [0.2, 0.25) is 15.9 Å². The zero-order valence-corrected chi connectivity index (χ0v) is 8.43. The van der Waals surface area contributed by atoms with E-state index in [1.165, 1.54) is 11.2 Å². The molecule has 1 rings (SSSR count). The Labute approximate surface area is 78.2 Å². The molecule has 76 valence electrons. The fourth-order valence-corrected chi connectivity index (χ4v) is 2.48. The first-order valence-electron chi connectivity index (χ1n) is 4.24. The minimum Gasteiger partial charge on any atom is -0.355 e.